The summed E-state index contributed by atoms with van der Waals surface area (Å²) in [5.41, 5.74) is 4.72. The minimum Gasteiger partial charge on any atom is -0.426 e. The number of hydrogen-bond donors (Lipinski definition) is 1. The average Bonchev–Trinajstić information content (AvgIpc) is 3.14. The molecule has 0 fully saturated rings. The van der Waals surface area contributed by atoms with Crippen LogP contribution in [0.3, 0.4) is 0 Å². The number of aryl methyl sites for hydroxylation is 1. The van der Waals surface area contributed by atoms with Crippen LogP contribution in [0.4, 0.5) is 5.82 Å². The lowest BCUT2D eigenvalue weighted by Crippen LogP contribution is -2.08. The van der Waals surface area contributed by atoms with E-state index < -0.39 is 0 Å². The highest BCUT2D eigenvalue weighted by atomic mass is 16.5. The molecule has 4 rings (SSSR count). The van der Waals surface area contributed by atoms with Gasteiger partial charge in [-0.1, -0.05) is 55.8 Å². The maximum absolute atomic E-state index is 12.3. The maximum Gasteiger partial charge on any atom is 0.311 e. The number of hydrogen-bond acceptors (Lipinski definition) is 4. The van der Waals surface area contributed by atoms with Gasteiger partial charge in [0.2, 0.25) is 0 Å². The van der Waals surface area contributed by atoms with Crippen LogP contribution < -0.4 is 10.1 Å². The third-order valence-electron chi connectivity index (χ3n) is 5.18. The third kappa shape index (κ3) is 4.77. The molecular formula is C26H27N3O2. The lowest BCUT2D eigenvalue weighted by atomic mass is 10.1. The minimum absolute atomic E-state index is 0.215. The number of unbranched alkanes of at least 4 members (excludes halogenated alkanes) is 1. The molecular weight excluding hydrogens is 386 g/mol. The second-order valence-electron chi connectivity index (χ2n) is 7.65. The van der Waals surface area contributed by atoms with Gasteiger partial charge in [-0.2, -0.15) is 0 Å². The van der Waals surface area contributed by atoms with Crippen molar-refractivity contribution in [3.8, 4) is 17.0 Å². The number of anilines is 1. The molecule has 2 heterocycles. The number of carbonyl (C=O) groups excluding carboxylic acids is 1. The summed E-state index contributed by atoms with van der Waals surface area (Å²) in [6, 6.07) is 21.9. The van der Waals surface area contributed by atoms with Gasteiger partial charge in [-0.05, 0) is 48.7 Å². The van der Waals surface area contributed by atoms with E-state index in [4.69, 9.17) is 9.72 Å². The number of para-hydroxylation sites is 1. The predicted octanol–water partition coefficient (Wildman–Crippen LogP) is 6.02. The molecule has 0 aliphatic heterocycles. The number of fused-ring (bicyclic) bond motifs is 1. The van der Waals surface area contributed by atoms with Gasteiger partial charge >= 0.3 is 5.97 Å². The van der Waals surface area contributed by atoms with Gasteiger partial charge in [0, 0.05) is 24.7 Å². The second kappa shape index (κ2) is 9.47. The number of nitrogens with one attached hydrogen (secondary N) is 1. The fourth-order valence-electron chi connectivity index (χ4n) is 3.53. The van der Waals surface area contributed by atoms with Crippen LogP contribution in [0, 0.1) is 6.92 Å². The number of benzene rings is 2. The number of imidazole rings is 1. The van der Waals surface area contributed by atoms with Crippen LogP contribution in [-0.4, -0.2) is 15.4 Å². The first kappa shape index (κ1) is 20.7. The fourth-order valence-corrected chi connectivity index (χ4v) is 3.53. The molecule has 0 amide bonds. The molecule has 5 nitrogen and oxygen atoms in total. The molecule has 0 spiro atoms. The van der Waals surface area contributed by atoms with E-state index in [1.165, 1.54) is 5.56 Å². The predicted molar refractivity (Wildman–Crippen MR) is 124 cm³/mol. The van der Waals surface area contributed by atoms with Crippen LogP contribution >= 0.6 is 0 Å². The molecule has 2 aromatic carbocycles. The van der Waals surface area contributed by atoms with Crippen molar-refractivity contribution in [2.75, 3.05) is 5.32 Å². The Hall–Kier alpha value is -3.60. The monoisotopic (exact) mass is 413 g/mol. The van der Waals surface area contributed by atoms with E-state index in [0.29, 0.717) is 18.7 Å². The molecule has 0 atom stereocenters. The van der Waals surface area contributed by atoms with Gasteiger partial charge in [-0.3, -0.25) is 9.20 Å². The molecule has 0 bridgehead atoms. The SMILES string of the molecule is CCCCC(=O)Oc1ccccc1-c1nc2cc(C)ccn2c1NCc1ccccc1. The molecule has 0 radical (unpaired) electrons. The van der Waals surface area contributed by atoms with Crippen molar-refractivity contribution in [2.24, 2.45) is 0 Å². The van der Waals surface area contributed by atoms with Gasteiger partial charge in [-0.15, -0.1) is 0 Å². The van der Waals surface area contributed by atoms with Gasteiger partial charge in [0.15, 0.2) is 0 Å². The maximum atomic E-state index is 12.3. The van der Waals surface area contributed by atoms with Gasteiger partial charge in [0.25, 0.3) is 0 Å². The van der Waals surface area contributed by atoms with Crippen LogP contribution in [-0.2, 0) is 11.3 Å². The lowest BCUT2D eigenvalue weighted by molar-refractivity contribution is -0.134. The Morgan fingerprint density at radius 3 is 2.65 bits per heavy atom. The first-order valence-corrected chi connectivity index (χ1v) is 10.7. The van der Waals surface area contributed by atoms with Crippen molar-refractivity contribution in [3.63, 3.8) is 0 Å². The Morgan fingerprint density at radius 1 is 1.06 bits per heavy atom. The molecule has 4 aromatic rings. The van der Waals surface area contributed by atoms with Gasteiger partial charge in [0.05, 0.1) is 0 Å². The van der Waals surface area contributed by atoms with Gasteiger partial charge in [0.1, 0.15) is 22.9 Å². The molecule has 5 heteroatoms. The Balaban J connectivity index is 1.74. The summed E-state index contributed by atoms with van der Waals surface area (Å²) in [4.78, 5) is 17.2. The zero-order chi connectivity index (χ0) is 21.6. The summed E-state index contributed by atoms with van der Waals surface area (Å²) in [5, 5.41) is 3.55. The van der Waals surface area contributed by atoms with Crippen LogP contribution in [0.5, 0.6) is 5.75 Å². The number of ether oxygens (including phenoxy) is 1. The lowest BCUT2D eigenvalue weighted by Gasteiger charge is -2.12. The van der Waals surface area contributed by atoms with Crippen molar-refractivity contribution in [3.05, 3.63) is 84.1 Å². The molecule has 0 aliphatic rings. The molecule has 158 valence electrons. The van der Waals surface area contributed by atoms with E-state index in [0.717, 1.165) is 41.1 Å². The molecule has 2 aromatic heterocycles. The number of carbonyl (C=O) groups is 1. The number of pyridine rings is 1. The molecule has 0 unspecified atom stereocenters. The smallest absolute Gasteiger partial charge is 0.311 e. The molecule has 0 saturated heterocycles. The Labute approximate surface area is 182 Å². The number of nitrogens with zero attached hydrogens (tertiary/aromatic N) is 2. The summed E-state index contributed by atoms with van der Waals surface area (Å²) in [6.07, 6.45) is 4.20. The highest BCUT2D eigenvalue weighted by Gasteiger charge is 2.19. The second-order valence-corrected chi connectivity index (χ2v) is 7.65. The van der Waals surface area contributed by atoms with Gasteiger partial charge < -0.3 is 10.1 Å². The van der Waals surface area contributed by atoms with Crippen molar-refractivity contribution in [1.29, 1.82) is 0 Å². The average molecular weight is 414 g/mol. The fraction of sp³-hybridized carbons (Fsp3) is 0.231. The van der Waals surface area contributed by atoms with Crippen molar-refractivity contribution in [1.82, 2.24) is 9.38 Å². The molecule has 0 aliphatic carbocycles. The topological polar surface area (TPSA) is 55.6 Å². The van der Waals surface area contributed by atoms with Crippen LogP contribution in [0.15, 0.2) is 72.9 Å². The zero-order valence-electron chi connectivity index (χ0n) is 18.0. The first-order valence-electron chi connectivity index (χ1n) is 10.7. The van der Waals surface area contributed by atoms with Crippen LogP contribution in [0.25, 0.3) is 16.9 Å². The summed E-state index contributed by atoms with van der Waals surface area (Å²) >= 11 is 0. The highest BCUT2D eigenvalue weighted by molar-refractivity contribution is 5.83. The molecule has 31 heavy (non-hydrogen) atoms. The Bertz CT molecular complexity index is 1180. The molecule has 1 N–H and O–H groups in total. The van der Waals surface area contributed by atoms with Crippen molar-refractivity contribution >= 4 is 17.4 Å². The van der Waals surface area contributed by atoms with E-state index in [1.54, 1.807) is 0 Å². The van der Waals surface area contributed by atoms with Crippen molar-refractivity contribution in [2.45, 2.75) is 39.7 Å². The summed E-state index contributed by atoms with van der Waals surface area (Å²) in [5.74, 6) is 1.19. The first-order chi connectivity index (χ1) is 15.2. The minimum atomic E-state index is -0.215. The van der Waals surface area contributed by atoms with E-state index in [-0.39, 0.29) is 5.97 Å². The van der Waals surface area contributed by atoms with Gasteiger partial charge in [-0.25, -0.2) is 4.98 Å². The van der Waals surface area contributed by atoms with Crippen LogP contribution in [0.1, 0.15) is 37.3 Å². The largest absolute Gasteiger partial charge is 0.426 e. The number of rotatable bonds is 8. The van der Waals surface area contributed by atoms with E-state index >= 15 is 0 Å². The number of aromatic nitrogens is 2. The zero-order valence-corrected chi connectivity index (χ0v) is 18.0. The summed E-state index contributed by atoms with van der Waals surface area (Å²) < 4.78 is 7.77. The number of esters is 1. The summed E-state index contributed by atoms with van der Waals surface area (Å²) in [6.45, 7) is 4.77. The molecule has 0 saturated carbocycles. The normalized spacial score (nSPS) is 10.9. The van der Waals surface area contributed by atoms with E-state index in [1.807, 2.05) is 59.1 Å². The Kier molecular flexibility index (Phi) is 6.32. The van der Waals surface area contributed by atoms with Crippen molar-refractivity contribution < 1.29 is 9.53 Å². The third-order valence-corrected chi connectivity index (χ3v) is 5.18. The quantitative estimate of drug-likeness (QED) is 0.284. The van der Waals surface area contributed by atoms with E-state index in [2.05, 4.69) is 37.4 Å². The summed E-state index contributed by atoms with van der Waals surface area (Å²) in [7, 11) is 0. The highest BCUT2D eigenvalue weighted by Crippen LogP contribution is 2.36. The Morgan fingerprint density at radius 2 is 1.84 bits per heavy atom. The standard InChI is InChI=1S/C26H27N3O2/c1-3-4-14-24(30)31-22-13-9-8-12-21(22)25-26(27-18-20-10-6-5-7-11-20)29-16-15-19(2)17-23(29)28-25/h5-13,15-17,27H,3-4,14,18H2,1-2H3. The van der Waals surface area contributed by atoms with E-state index in [9.17, 15) is 4.79 Å². The van der Waals surface area contributed by atoms with Crippen LogP contribution in [0.2, 0.25) is 0 Å².